The number of ketones is 2. The number of nitrogens with two attached hydrogens (primary N) is 1. The number of aliphatic hydroxyl groups is 2. The first-order valence-electron chi connectivity index (χ1n) is 15.8. The van der Waals surface area contributed by atoms with Crippen LogP contribution in [0.2, 0.25) is 0 Å². The van der Waals surface area contributed by atoms with Crippen molar-refractivity contribution >= 4 is 17.3 Å². The number of benzene rings is 2. The number of para-hydroxylation sites is 2. The monoisotopic (exact) mass is 617 g/mol. The molecule has 9 atom stereocenters. The number of ether oxygens (including phenoxy) is 3. The highest BCUT2D eigenvalue weighted by molar-refractivity contribution is 6.01. The van der Waals surface area contributed by atoms with Gasteiger partial charge in [0.25, 0.3) is 0 Å². The summed E-state index contributed by atoms with van der Waals surface area (Å²) >= 11 is 0. The Morgan fingerprint density at radius 2 is 1.98 bits per heavy atom. The third-order valence-corrected chi connectivity index (χ3v) is 11.8. The number of halogens is 1. The van der Waals surface area contributed by atoms with E-state index in [9.17, 15) is 19.8 Å². The van der Waals surface area contributed by atoms with E-state index in [2.05, 4.69) is 6.92 Å². The number of carbonyl (C=O) groups is 2. The molecule has 7 rings (SSSR count). The number of carbonyl (C=O) groups excluding carboxylic acids is 2. The Morgan fingerprint density at radius 3 is 2.73 bits per heavy atom. The Balaban J connectivity index is 1.22. The van der Waals surface area contributed by atoms with E-state index >= 15 is 4.39 Å². The van der Waals surface area contributed by atoms with Crippen molar-refractivity contribution in [3.05, 3.63) is 82.7 Å². The number of hydrogen-bond acceptors (Lipinski definition) is 8. The minimum atomic E-state index is -1.57. The molecule has 0 spiro atoms. The second-order valence-corrected chi connectivity index (χ2v) is 13.9. The maximum Gasteiger partial charge on any atom is 0.193 e. The standard InChI is InChI=1S/C36H40FNO7/c1-19-8-9-20(18-43-27-7-5-4-6-25(27)38)32(37)30(19)33-44-29-15-24-23-11-10-21-14-22(40)12-13-34(21,2)31(23)26(41)16-35(24,3)36(29,45-33)28(42)17-39/h4-9,12-14,23-24,26,29,31,33,39,41H,10-11,15-18,38H2,1-3H3/t23-,24-,26-,29+,31+,33+,34-,35-,36+/m0/s1. The average molecular weight is 618 g/mol. The molecule has 4 aliphatic carbocycles. The summed E-state index contributed by atoms with van der Waals surface area (Å²) in [4.78, 5) is 26.0. The van der Waals surface area contributed by atoms with E-state index in [-0.39, 0.29) is 47.7 Å². The van der Waals surface area contributed by atoms with E-state index in [1.54, 1.807) is 55.5 Å². The molecular weight excluding hydrogens is 577 g/mol. The number of Topliss-reactive ketones (excluding diaryl/α,β-unsaturated/α-hetero) is 1. The van der Waals surface area contributed by atoms with Crippen LogP contribution in [0.4, 0.5) is 10.1 Å². The third kappa shape index (κ3) is 4.24. The fourth-order valence-electron chi connectivity index (χ4n) is 9.72. The van der Waals surface area contributed by atoms with Crippen molar-refractivity contribution in [2.24, 2.45) is 28.6 Å². The Bertz CT molecular complexity index is 1640. The number of rotatable bonds is 6. The van der Waals surface area contributed by atoms with Gasteiger partial charge < -0.3 is 30.2 Å². The number of aliphatic hydroxyl groups excluding tert-OH is 2. The second kappa shape index (κ2) is 10.6. The van der Waals surface area contributed by atoms with Gasteiger partial charge in [0.05, 0.1) is 17.9 Å². The zero-order valence-electron chi connectivity index (χ0n) is 25.8. The number of nitrogen functional groups attached to an aromatic ring is 1. The van der Waals surface area contributed by atoms with E-state index in [1.165, 1.54) is 0 Å². The molecule has 2 aromatic carbocycles. The normalized spacial score (nSPS) is 38.2. The smallest absolute Gasteiger partial charge is 0.193 e. The molecule has 4 N–H and O–H groups in total. The van der Waals surface area contributed by atoms with Crippen LogP contribution in [0.5, 0.6) is 5.75 Å². The summed E-state index contributed by atoms with van der Waals surface area (Å²) in [7, 11) is 0. The van der Waals surface area contributed by atoms with Gasteiger partial charge in [-0.3, -0.25) is 9.59 Å². The van der Waals surface area contributed by atoms with Crippen molar-refractivity contribution in [2.45, 2.75) is 77.2 Å². The van der Waals surface area contributed by atoms with E-state index in [0.29, 0.717) is 23.4 Å². The summed E-state index contributed by atoms with van der Waals surface area (Å²) < 4.78 is 35.2. The fraction of sp³-hybridized carbons (Fsp3) is 0.500. The summed E-state index contributed by atoms with van der Waals surface area (Å²) in [6.07, 6.45) is 4.71. The van der Waals surface area contributed by atoms with E-state index in [0.717, 1.165) is 18.4 Å². The topological polar surface area (TPSA) is 128 Å². The van der Waals surface area contributed by atoms with Gasteiger partial charge in [-0.1, -0.05) is 49.8 Å². The molecule has 9 heteroatoms. The molecule has 1 heterocycles. The lowest BCUT2D eigenvalue weighted by Crippen LogP contribution is -2.63. The zero-order valence-corrected chi connectivity index (χ0v) is 25.8. The van der Waals surface area contributed by atoms with Crippen LogP contribution < -0.4 is 10.5 Å². The van der Waals surface area contributed by atoms with Crippen LogP contribution in [0.3, 0.4) is 0 Å². The van der Waals surface area contributed by atoms with Crippen molar-refractivity contribution in [3.8, 4) is 5.75 Å². The van der Waals surface area contributed by atoms with Crippen LogP contribution in [-0.4, -0.2) is 46.2 Å². The first-order valence-corrected chi connectivity index (χ1v) is 15.8. The highest BCUT2D eigenvalue weighted by Gasteiger charge is 2.76. The van der Waals surface area contributed by atoms with Crippen molar-refractivity contribution in [1.82, 2.24) is 0 Å². The maximum absolute atomic E-state index is 16.2. The first-order chi connectivity index (χ1) is 21.4. The molecule has 0 amide bonds. The molecule has 0 radical (unpaired) electrons. The predicted octanol–water partition coefficient (Wildman–Crippen LogP) is 4.90. The van der Waals surface area contributed by atoms with Gasteiger partial charge in [-0.2, -0.15) is 0 Å². The van der Waals surface area contributed by atoms with Crippen LogP contribution in [0.1, 0.15) is 62.5 Å². The highest BCUT2D eigenvalue weighted by Crippen LogP contribution is 2.70. The van der Waals surface area contributed by atoms with E-state index in [4.69, 9.17) is 19.9 Å². The molecule has 4 fully saturated rings. The third-order valence-electron chi connectivity index (χ3n) is 11.8. The maximum atomic E-state index is 16.2. The van der Waals surface area contributed by atoms with Gasteiger partial charge in [0.1, 0.15) is 24.8 Å². The SMILES string of the molecule is Cc1ccc(COc2ccccc2N)c(F)c1[C@@H]1O[C@@H]2C[C@H]3[C@@H]4CCC5=CC(=O)C=C[C@]5(C)[C@H]4[C@@H](O)C[C@]3(C)[C@]2(C(=O)CO)O1. The molecule has 2 aromatic rings. The number of aryl methyl sites for hydroxylation is 1. The fourth-order valence-corrected chi connectivity index (χ4v) is 9.72. The largest absolute Gasteiger partial charge is 0.487 e. The molecule has 0 bridgehead atoms. The van der Waals surface area contributed by atoms with Crippen LogP contribution in [0.15, 0.2) is 60.2 Å². The summed E-state index contributed by atoms with van der Waals surface area (Å²) in [6, 6.07) is 10.4. The summed E-state index contributed by atoms with van der Waals surface area (Å²) in [5.41, 5.74) is 5.62. The quantitative estimate of drug-likeness (QED) is 0.391. The van der Waals surface area contributed by atoms with Gasteiger partial charge >= 0.3 is 0 Å². The molecule has 8 nitrogen and oxygen atoms in total. The summed E-state index contributed by atoms with van der Waals surface area (Å²) in [5.74, 6) is -0.836. The van der Waals surface area contributed by atoms with Gasteiger partial charge in [-0.25, -0.2) is 4.39 Å². The van der Waals surface area contributed by atoms with Crippen molar-refractivity contribution in [1.29, 1.82) is 0 Å². The molecule has 1 aliphatic heterocycles. The van der Waals surface area contributed by atoms with Crippen LogP contribution >= 0.6 is 0 Å². The lowest BCUT2D eigenvalue weighted by Gasteiger charge is -2.59. The molecule has 1 saturated heterocycles. The van der Waals surface area contributed by atoms with Gasteiger partial charge in [-0.05, 0) is 74.3 Å². The predicted molar refractivity (Wildman–Crippen MR) is 163 cm³/mol. The van der Waals surface area contributed by atoms with E-state index < -0.39 is 53.1 Å². The minimum Gasteiger partial charge on any atom is -0.487 e. The molecule has 5 aliphatic rings. The van der Waals surface area contributed by atoms with Gasteiger partial charge in [0, 0.05) is 27.9 Å². The molecular formula is C36H40FNO7. The number of anilines is 1. The summed E-state index contributed by atoms with van der Waals surface area (Å²) in [6.45, 7) is 4.97. The number of hydrogen-bond donors (Lipinski definition) is 3. The number of allylic oxidation sites excluding steroid dienone is 4. The highest BCUT2D eigenvalue weighted by atomic mass is 19.1. The van der Waals surface area contributed by atoms with Crippen molar-refractivity contribution in [2.75, 3.05) is 12.3 Å². The minimum absolute atomic E-state index is 0.0303. The van der Waals surface area contributed by atoms with Crippen molar-refractivity contribution < 1.29 is 38.4 Å². The van der Waals surface area contributed by atoms with Crippen LogP contribution in [0.25, 0.3) is 0 Å². The number of fused-ring (bicyclic) bond motifs is 7. The van der Waals surface area contributed by atoms with Gasteiger partial charge in [-0.15, -0.1) is 0 Å². The molecule has 238 valence electrons. The Labute approximate surface area is 262 Å². The molecule has 45 heavy (non-hydrogen) atoms. The van der Waals surface area contributed by atoms with Crippen LogP contribution in [-0.2, 0) is 25.7 Å². The summed E-state index contributed by atoms with van der Waals surface area (Å²) in [5, 5.41) is 22.1. The lowest BCUT2D eigenvalue weighted by atomic mass is 9.46. The van der Waals surface area contributed by atoms with E-state index in [1.807, 2.05) is 13.0 Å². The Kier molecular flexibility index (Phi) is 7.13. The zero-order chi connectivity index (χ0) is 31.9. The van der Waals surface area contributed by atoms with Crippen molar-refractivity contribution in [3.63, 3.8) is 0 Å². The van der Waals surface area contributed by atoms with Gasteiger partial charge in [0.15, 0.2) is 23.5 Å². The average Bonchev–Trinajstić information content (AvgIpc) is 3.50. The Morgan fingerprint density at radius 1 is 1.20 bits per heavy atom. The van der Waals surface area contributed by atoms with Crippen LogP contribution in [0, 0.1) is 41.3 Å². The lowest BCUT2D eigenvalue weighted by molar-refractivity contribution is -0.201. The molecule has 0 unspecified atom stereocenters. The second-order valence-electron chi connectivity index (χ2n) is 13.9. The first kappa shape index (κ1) is 30.3. The molecule has 0 aromatic heterocycles. The molecule has 3 saturated carbocycles. The Hall–Kier alpha value is -3.37. The van der Waals surface area contributed by atoms with Gasteiger partial charge in [0.2, 0.25) is 0 Å².